The standard InChI is InChI=1S/C18H25FN2O2/c1-12-8-9-21(15(22)11-20-17(23)18(2,3)4)16(12)13-6-5-7-14(19)10-13/h5-7,10,12,16H,8-9,11H2,1-4H3,(H,20,23). The van der Waals surface area contributed by atoms with Gasteiger partial charge in [-0.2, -0.15) is 0 Å². The molecule has 5 heteroatoms. The molecular weight excluding hydrogens is 295 g/mol. The molecule has 1 aliphatic rings. The van der Waals surface area contributed by atoms with Gasteiger partial charge in [0, 0.05) is 12.0 Å². The van der Waals surface area contributed by atoms with Gasteiger partial charge in [0.25, 0.3) is 0 Å². The fourth-order valence-electron chi connectivity index (χ4n) is 2.95. The zero-order valence-electron chi connectivity index (χ0n) is 14.2. The van der Waals surface area contributed by atoms with Crippen LogP contribution < -0.4 is 5.32 Å². The van der Waals surface area contributed by atoms with Crippen LogP contribution in [0.3, 0.4) is 0 Å². The summed E-state index contributed by atoms with van der Waals surface area (Å²) in [6.07, 6.45) is 0.875. The van der Waals surface area contributed by atoms with Crippen molar-refractivity contribution in [1.29, 1.82) is 0 Å². The molecule has 2 atom stereocenters. The van der Waals surface area contributed by atoms with Crippen molar-refractivity contribution in [3.8, 4) is 0 Å². The SMILES string of the molecule is CC1CCN(C(=O)CNC(=O)C(C)(C)C)C1c1cccc(F)c1. The van der Waals surface area contributed by atoms with E-state index in [2.05, 4.69) is 12.2 Å². The number of halogens is 1. The Morgan fingerprint density at radius 2 is 2.04 bits per heavy atom. The molecule has 1 aromatic rings. The van der Waals surface area contributed by atoms with E-state index in [1.807, 2.05) is 6.07 Å². The van der Waals surface area contributed by atoms with E-state index in [0.29, 0.717) is 6.54 Å². The van der Waals surface area contributed by atoms with Crippen molar-refractivity contribution >= 4 is 11.8 Å². The third kappa shape index (κ3) is 4.09. The minimum absolute atomic E-state index is 0.0192. The second-order valence-electron chi connectivity index (χ2n) is 7.29. The van der Waals surface area contributed by atoms with Gasteiger partial charge in [-0.1, -0.05) is 39.8 Å². The van der Waals surface area contributed by atoms with Gasteiger partial charge in [-0.15, -0.1) is 0 Å². The van der Waals surface area contributed by atoms with Crippen LogP contribution in [-0.2, 0) is 9.59 Å². The summed E-state index contributed by atoms with van der Waals surface area (Å²) in [5, 5.41) is 2.69. The maximum atomic E-state index is 13.5. The Bertz CT molecular complexity index is 595. The van der Waals surface area contributed by atoms with Crippen molar-refractivity contribution in [2.45, 2.75) is 40.2 Å². The molecule has 2 unspecified atom stereocenters. The Labute approximate surface area is 137 Å². The summed E-state index contributed by atoms with van der Waals surface area (Å²) in [5.41, 5.74) is 0.283. The number of rotatable bonds is 3. The molecule has 2 amide bonds. The van der Waals surface area contributed by atoms with Crippen molar-refractivity contribution in [3.63, 3.8) is 0 Å². The maximum Gasteiger partial charge on any atom is 0.242 e. The number of amides is 2. The lowest BCUT2D eigenvalue weighted by molar-refractivity contribution is -0.136. The third-order valence-electron chi connectivity index (χ3n) is 4.29. The van der Waals surface area contributed by atoms with Gasteiger partial charge in [0.05, 0.1) is 12.6 Å². The highest BCUT2D eigenvalue weighted by atomic mass is 19.1. The summed E-state index contributed by atoms with van der Waals surface area (Å²) in [6.45, 7) is 8.10. The van der Waals surface area contributed by atoms with E-state index in [9.17, 15) is 14.0 Å². The average molecular weight is 320 g/mol. The first-order valence-electron chi connectivity index (χ1n) is 8.03. The van der Waals surface area contributed by atoms with Gasteiger partial charge in [-0.05, 0) is 30.0 Å². The zero-order chi connectivity index (χ0) is 17.2. The van der Waals surface area contributed by atoms with E-state index in [4.69, 9.17) is 0 Å². The lowest BCUT2D eigenvalue weighted by Crippen LogP contribution is -2.43. The van der Waals surface area contributed by atoms with Crippen molar-refractivity contribution < 1.29 is 14.0 Å². The van der Waals surface area contributed by atoms with Crippen molar-refractivity contribution in [1.82, 2.24) is 10.2 Å². The second kappa shape index (κ2) is 6.69. The summed E-state index contributed by atoms with van der Waals surface area (Å²) >= 11 is 0. The Hall–Kier alpha value is -1.91. The lowest BCUT2D eigenvalue weighted by Gasteiger charge is -2.28. The van der Waals surface area contributed by atoms with Crippen LogP contribution in [0, 0.1) is 17.2 Å². The number of carbonyl (C=O) groups is 2. The second-order valence-corrected chi connectivity index (χ2v) is 7.29. The number of nitrogens with zero attached hydrogens (tertiary/aromatic N) is 1. The summed E-state index contributed by atoms with van der Waals surface area (Å²) in [6, 6.07) is 6.27. The number of likely N-dealkylation sites (tertiary alicyclic amines) is 1. The number of nitrogens with one attached hydrogen (secondary N) is 1. The summed E-state index contributed by atoms with van der Waals surface area (Å²) in [5.74, 6) is -0.310. The first-order chi connectivity index (χ1) is 10.7. The van der Waals surface area contributed by atoms with E-state index < -0.39 is 5.41 Å². The summed E-state index contributed by atoms with van der Waals surface area (Å²) in [4.78, 5) is 26.2. The first-order valence-corrected chi connectivity index (χ1v) is 8.03. The van der Waals surface area contributed by atoms with Crippen LogP contribution in [0.25, 0.3) is 0 Å². The normalized spacial score (nSPS) is 21.3. The van der Waals surface area contributed by atoms with Crippen LogP contribution in [0.5, 0.6) is 0 Å². The Balaban J connectivity index is 2.08. The smallest absolute Gasteiger partial charge is 0.242 e. The maximum absolute atomic E-state index is 13.5. The molecule has 0 saturated carbocycles. The first kappa shape index (κ1) is 17.4. The number of hydrogen-bond acceptors (Lipinski definition) is 2. The van der Waals surface area contributed by atoms with Crippen LogP contribution >= 0.6 is 0 Å². The van der Waals surface area contributed by atoms with E-state index in [1.165, 1.54) is 12.1 Å². The third-order valence-corrected chi connectivity index (χ3v) is 4.29. The van der Waals surface area contributed by atoms with Crippen LogP contribution in [0.4, 0.5) is 4.39 Å². The van der Waals surface area contributed by atoms with Crippen molar-refractivity contribution in [2.24, 2.45) is 11.3 Å². The van der Waals surface area contributed by atoms with E-state index in [0.717, 1.165) is 12.0 Å². The van der Waals surface area contributed by atoms with E-state index in [1.54, 1.807) is 31.7 Å². The van der Waals surface area contributed by atoms with Gasteiger partial charge in [0.15, 0.2) is 0 Å². The van der Waals surface area contributed by atoms with Crippen LogP contribution in [-0.4, -0.2) is 29.8 Å². The highest BCUT2D eigenvalue weighted by Crippen LogP contribution is 2.37. The minimum atomic E-state index is -0.527. The Morgan fingerprint density at radius 3 is 2.65 bits per heavy atom. The molecule has 0 bridgehead atoms. The van der Waals surface area contributed by atoms with Gasteiger partial charge in [0.1, 0.15) is 5.82 Å². The Kier molecular flexibility index (Phi) is 5.07. The molecule has 0 radical (unpaired) electrons. The number of carbonyl (C=O) groups excluding carboxylic acids is 2. The van der Waals surface area contributed by atoms with E-state index >= 15 is 0 Å². The summed E-state index contributed by atoms with van der Waals surface area (Å²) < 4.78 is 13.5. The largest absolute Gasteiger partial charge is 0.347 e. The fraction of sp³-hybridized carbons (Fsp3) is 0.556. The molecule has 1 saturated heterocycles. The van der Waals surface area contributed by atoms with Gasteiger partial charge >= 0.3 is 0 Å². The van der Waals surface area contributed by atoms with Crippen LogP contribution in [0.15, 0.2) is 24.3 Å². The predicted molar refractivity (Wildman–Crippen MR) is 87.1 cm³/mol. The predicted octanol–water partition coefficient (Wildman–Crippen LogP) is 2.90. The molecule has 2 rings (SSSR count). The van der Waals surface area contributed by atoms with Gasteiger partial charge < -0.3 is 10.2 Å². The molecule has 1 N–H and O–H groups in total. The number of benzene rings is 1. The number of hydrogen-bond donors (Lipinski definition) is 1. The van der Waals surface area contributed by atoms with Gasteiger partial charge in [0.2, 0.25) is 11.8 Å². The van der Waals surface area contributed by atoms with Crippen molar-refractivity contribution in [3.05, 3.63) is 35.6 Å². The topological polar surface area (TPSA) is 49.4 Å². The molecule has 0 aromatic heterocycles. The fourth-order valence-corrected chi connectivity index (χ4v) is 2.95. The molecule has 0 spiro atoms. The molecule has 23 heavy (non-hydrogen) atoms. The van der Waals surface area contributed by atoms with E-state index in [-0.39, 0.29) is 36.1 Å². The molecule has 0 aliphatic carbocycles. The highest BCUT2D eigenvalue weighted by Gasteiger charge is 2.35. The lowest BCUT2D eigenvalue weighted by atomic mass is 9.95. The van der Waals surface area contributed by atoms with Crippen LogP contribution in [0.2, 0.25) is 0 Å². The molecule has 126 valence electrons. The molecule has 1 heterocycles. The molecule has 1 fully saturated rings. The molecule has 1 aromatic carbocycles. The molecular formula is C18H25FN2O2. The molecule has 4 nitrogen and oxygen atoms in total. The van der Waals surface area contributed by atoms with Crippen LogP contribution in [0.1, 0.15) is 45.7 Å². The summed E-state index contributed by atoms with van der Waals surface area (Å²) in [7, 11) is 0. The monoisotopic (exact) mass is 320 g/mol. The van der Waals surface area contributed by atoms with Gasteiger partial charge in [-0.3, -0.25) is 9.59 Å². The Morgan fingerprint density at radius 1 is 1.35 bits per heavy atom. The quantitative estimate of drug-likeness (QED) is 0.931. The highest BCUT2D eigenvalue weighted by molar-refractivity contribution is 5.87. The zero-order valence-corrected chi connectivity index (χ0v) is 14.2. The van der Waals surface area contributed by atoms with Crippen molar-refractivity contribution in [2.75, 3.05) is 13.1 Å². The average Bonchev–Trinajstić information content (AvgIpc) is 2.85. The van der Waals surface area contributed by atoms with Gasteiger partial charge in [-0.25, -0.2) is 4.39 Å². The molecule has 1 aliphatic heterocycles. The minimum Gasteiger partial charge on any atom is -0.347 e.